The van der Waals surface area contributed by atoms with Gasteiger partial charge < -0.3 is 15.1 Å². The topological polar surface area (TPSA) is 83.6 Å². The van der Waals surface area contributed by atoms with Gasteiger partial charge in [0, 0.05) is 56.1 Å². The molecule has 176 valence electrons. The normalized spacial score (nSPS) is 14.6. The highest BCUT2D eigenvalue weighted by Crippen LogP contribution is 2.22. The smallest absolute Gasteiger partial charge is 0.270 e. The minimum Gasteiger partial charge on any atom is -0.369 e. The van der Waals surface area contributed by atoms with Crippen LogP contribution in [-0.4, -0.2) is 62.0 Å². The van der Waals surface area contributed by atoms with E-state index in [4.69, 9.17) is 0 Å². The molecule has 0 bridgehead atoms. The van der Waals surface area contributed by atoms with Crippen molar-refractivity contribution in [2.75, 3.05) is 43.4 Å². The molecule has 1 fully saturated rings. The van der Waals surface area contributed by atoms with Gasteiger partial charge in [0.05, 0.1) is 5.69 Å². The fourth-order valence-electron chi connectivity index (χ4n) is 4.59. The van der Waals surface area contributed by atoms with Gasteiger partial charge in [-0.05, 0) is 49.9 Å². The van der Waals surface area contributed by atoms with E-state index in [1.54, 1.807) is 17.0 Å². The largest absolute Gasteiger partial charge is 0.369 e. The lowest BCUT2D eigenvalue weighted by molar-refractivity contribution is 0.313. The second kappa shape index (κ2) is 8.52. The summed E-state index contributed by atoms with van der Waals surface area (Å²) in [6, 6.07) is 16.1. The fourth-order valence-corrected chi connectivity index (χ4v) is 4.59. The lowest BCUT2D eigenvalue weighted by Gasteiger charge is -2.34. The van der Waals surface area contributed by atoms with Gasteiger partial charge in [-0.15, -0.1) is 0 Å². The van der Waals surface area contributed by atoms with Gasteiger partial charge in [0.15, 0.2) is 5.65 Å². The van der Waals surface area contributed by atoms with Crippen molar-refractivity contribution in [3.05, 3.63) is 83.0 Å². The molecule has 6 rings (SSSR count). The standard InChI is InChI=1S/C26H26N8O/c1-18-5-3-4-6-22(18)34-24(35)21-17-28-25(30-23(21)33-12-11-27-26(33)34)29-19-7-9-20(10-8-19)32-15-13-31(2)14-16-32/h3-12,17H,13-16H2,1-2H3,(H,28,29,30). The Labute approximate surface area is 202 Å². The van der Waals surface area contributed by atoms with Crippen molar-refractivity contribution in [2.24, 2.45) is 0 Å². The maximum Gasteiger partial charge on any atom is 0.270 e. The molecule has 0 unspecified atom stereocenters. The highest BCUT2D eigenvalue weighted by molar-refractivity contribution is 5.78. The maximum atomic E-state index is 13.5. The molecular formula is C26H26N8O. The highest BCUT2D eigenvalue weighted by atomic mass is 16.1. The predicted octanol–water partition coefficient (Wildman–Crippen LogP) is 3.23. The first kappa shape index (κ1) is 21.3. The molecule has 35 heavy (non-hydrogen) atoms. The third kappa shape index (κ3) is 3.79. The highest BCUT2D eigenvalue weighted by Gasteiger charge is 2.17. The third-order valence-electron chi connectivity index (χ3n) is 6.60. The van der Waals surface area contributed by atoms with Gasteiger partial charge in [0.1, 0.15) is 5.39 Å². The Morgan fingerprint density at radius 2 is 1.71 bits per heavy atom. The number of nitrogens with one attached hydrogen (secondary N) is 1. The number of para-hydroxylation sites is 1. The average molecular weight is 467 g/mol. The second-order valence-corrected chi connectivity index (χ2v) is 8.92. The number of rotatable bonds is 4. The monoisotopic (exact) mass is 466 g/mol. The summed E-state index contributed by atoms with van der Waals surface area (Å²) in [5.74, 6) is 0.936. The van der Waals surface area contributed by atoms with Crippen LogP contribution in [0, 0.1) is 6.92 Å². The number of likely N-dealkylation sites (N-methyl/N-ethyl adjacent to an activating group) is 1. The van der Waals surface area contributed by atoms with Crippen LogP contribution in [-0.2, 0) is 0 Å². The van der Waals surface area contributed by atoms with Crippen LogP contribution in [0.2, 0.25) is 0 Å². The molecule has 3 aromatic heterocycles. The second-order valence-electron chi connectivity index (χ2n) is 8.92. The molecule has 9 nitrogen and oxygen atoms in total. The van der Waals surface area contributed by atoms with Crippen LogP contribution in [0.15, 0.2) is 71.9 Å². The van der Waals surface area contributed by atoms with Crippen molar-refractivity contribution in [3.63, 3.8) is 0 Å². The van der Waals surface area contributed by atoms with E-state index in [1.165, 1.54) is 5.69 Å². The SMILES string of the molecule is Cc1ccccc1-n1c(=O)c2cnc(Nc3ccc(N4CCN(C)CC4)cc3)nc2n2ccnc12. The summed E-state index contributed by atoms with van der Waals surface area (Å²) in [5, 5.41) is 3.70. The van der Waals surface area contributed by atoms with Crippen LogP contribution in [0.4, 0.5) is 17.3 Å². The number of hydrogen-bond donors (Lipinski definition) is 1. The Balaban J connectivity index is 1.35. The van der Waals surface area contributed by atoms with Gasteiger partial charge in [0.2, 0.25) is 11.7 Å². The molecule has 0 amide bonds. The number of anilines is 3. The zero-order valence-corrected chi connectivity index (χ0v) is 19.7. The number of aryl methyl sites for hydroxylation is 1. The Morgan fingerprint density at radius 1 is 0.943 bits per heavy atom. The molecule has 0 radical (unpaired) electrons. The summed E-state index contributed by atoms with van der Waals surface area (Å²) in [4.78, 5) is 31.8. The van der Waals surface area contributed by atoms with Gasteiger partial charge in [-0.3, -0.25) is 9.20 Å². The van der Waals surface area contributed by atoms with Gasteiger partial charge in [-0.1, -0.05) is 18.2 Å². The van der Waals surface area contributed by atoms with Crippen molar-refractivity contribution < 1.29 is 0 Å². The first-order valence-corrected chi connectivity index (χ1v) is 11.7. The number of hydrogen-bond acceptors (Lipinski definition) is 7. The lowest BCUT2D eigenvalue weighted by Crippen LogP contribution is -2.44. The first-order chi connectivity index (χ1) is 17.1. The van der Waals surface area contributed by atoms with Crippen molar-refractivity contribution >= 4 is 34.1 Å². The van der Waals surface area contributed by atoms with Gasteiger partial charge >= 0.3 is 0 Å². The molecule has 0 saturated carbocycles. The molecule has 1 aliphatic rings. The maximum absolute atomic E-state index is 13.5. The van der Waals surface area contributed by atoms with E-state index in [9.17, 15) is 4.79 Å². The van der Waals surface area contributed by atoms with Crippen molar-refractivity contribution in [3.8, 4) is 5.69 Å². The first-order valence-electron chi connectivity index (χ1n) is 11.7. The quantitative estimate of drug-likeness (QED) is 0.435. The van der Waals surface area contributed by atoms with E-state index in [-0.39, 0.29) is 5.56 Å². The molecule has 1 aliphatic heterocycles. The molecule has 0 spiro atoms. The molecule has 9 heteroatoms. The van der Waals surface area contributed by atoms with Crippen molar-refractivity contribution in [2.45, 2.75) is 6.92 Å². The molecule has 1 N–H and O–H groups in total. The summed E-state index contributed by atoms with van der Waals surface area (Å²) in [5.41, 5.74) is 4.18. The van der Waals surface area contributed by atoms with Crippen LogP contribution in [0.1, 0.15) is 5.56 Å². The van der Waals surface area contributed by atoms with Crippen LogP contribution in [0.3, 0.4) is 0 Å². The molecule has 4 heterocycles. The summed E-state index contributed by atoms with van der Waals surface area (Å²) >= 11 is 0. The Kier molecular flexibility index (Phi) is 5.18. The van der Waals surface area contributed by atoms with Crippen LogP contribution >= 0.6 is 0 Å². The lowest BCUT2D eigenvalue weighted by atomic mass is 10.2. The number of fused-ring (bicyclic) bond motifs is 3. The number of imidazole rings is 1. The minimum atomic E-state index is -0.198. The molecular weight excluding hydrogens is 440 g/mol. The molecule has 2 aromatic carbocycles. The summed E-state index contributed by atoms with van der Waals surface area (Å²) < 4.78 is 3.44. The number of piperazine rings is 1. The van der Waals surface area contributed by atoms with Crippen LogP contribution in [0.25, 0.3) is 22.5 Å². The number of benzene rings is 2. The van der Waals surface area contributed by atoms with E-state index in [2.05, 4.69) is 49.2 Å². The zero-order chi connectivity index (χ0) is 23.9. The molecule has 5 aromatic rings. The van der Waals surface area contributed by atoms with Gasteiger partial charge in [-0.25, -0.2) is 14.5 Å². The Bertz CT molecular complexity index is 1580. The van der Waals surface area contributed by atoms with E-state index in [0.29, 0.717) is 22.8 Å². The molecule has 0 aliphatic carbocycles. The number of aromatic nitrogens is 5. The molecule has 0 atom stereocenters. The summed E-state index contributed by atoms with van der Waals surface area (Å²) in [6.45, 7) is 6.16. The summed E-state index contributed by atoms with van der Waals surface area (Å²) in [7, 11) is 2.16. The van der Waals surface area contributed by atoms with Crippen molar-refractivity contribution in [1.82, 2.24) is 28.8 Å². The van der Waals surface area contributed by atoms with Crippen LogP contribution in [0.5, 0.6) is 0 Å². The van der Waals surface area contributed by atoms with E-state index in [1.807, 2.05) is 53.9 Å². The van der Waals surface area contributed by atoms with Gasteiger partial charge in [-0.2, -0.15) is 4.98 Å². The van der Waals surface area contributed by atoms with Crippen molar-refractivity contribution in [1.29, 1.82) is 0 Å². The summed E-state index contributed by atoms with van der Waals surface area (Å²) in [6.07, 6.45) is 5.07. The third-order valence-corrected chi connectivity index (χ3v) is 6.60. The van der Waals surface area contributed by atoms with Crippen LogP contribution < -0.4 is 15.8 Å². The zero-order valence-electron chi connectivity index (χ0n) is 19.7. The molecule has 1 saturated heterocycles. The van der Waals surface area contributed by atoms with Gasteiger partial charge in [0.25, 0.3) is 5.56 Å². The van der Waals surface area contributed by atoms with E-state index < -0.39 is 0 Å². The predicted molar refractivity (Wildman–Crippen MR) is 138 cm³/mol. The Morgan fingerprint density at radius 3 is 2.49 bits per heavy atom. The van der Waals surface area contributed by atoms with E-state index in [0.717, 1.165) is 43.1 Å². The fraction of sp³-hybridized carbons (Fsp3) is 0.231. The Hall–Kier alpha value is -4.24. The average Bonchev–Trinajstić information content (AvgIpc) is 3.36. The number of nitrogens with zero attached hydrogens (tertiary/aromatic N) is 7. The minimum absolute atomic E-state index is 0.198. The van der Waals surface area contributed by atoms with E-state index >= 15 is 0 Å².